The van der Waals surface area contributed by atoms with Crippen molar-refractivity contribution >= 4 is 16.8 Å². The Morgan fingerprint density at radius 1 is 0.414 bits per heavy atom. The predicted octanol–water partition coefficient (Wildman–Crippen LogP) is 8.10. The largest absolute Gasteiger partial charge is 0.329 e. The summed E-state index contributed by atoms with van der Waals surface area (Å²) in [6.07, 6.45) is 25.8. The van der Waals surface area contributed by atoms with Crippen LogP contribution in [-0.2, 0) is 10.1 Å². The second-order valence-electron chi connectivity index (χ2n) is 8.75. The predicted molar refractivity (Wildman–Crippen MR) is 134 cm³/mol. The van der Waals surface area contributed by atoms with E-state index in [1.54, 1.807) is 0 Å². The van der Waals surface area contributed by atoms with Gasteiger partial charge in [0.05, 0.1) is 0 Å². The molecule has 0 saturated heterocycles. The van der Waals surface area contributed by atoms with Crippen LogP contribution in [0.15, 0.2) is 0 Å². The highest BCUT2D eigenvalue weighted by Crippen LogP contribution is 2.37. The van der Waals surface area contributed by atoms with Crippen LogP contribution in [0.25, 0.3) is 0 Å². The minimum Gasteiger partial charge on any atom is -0.329 e. The first kappa shape index (κ1) is 29.7. The molecule has 0 radical (unpaired) electrons. The van der Waals surface area contributed by atoms with Gasteiger partial charge in [0.2, 0.25) is 0 Å². The Kier molecular flexibility index (Phi) is 22.4. The van der Waals surface area contributed by atoms with Gasteiger partial charge < -0.3 is 14.7 Å². The van der Waals surface area contributed by atoms with Gasteiger partial charge in [-0.25, -0.2) is 0 Å². The number of rotatable bonds is 22. The van der Waals surface area contributed by atoms with Crippen molar-refractivity contribution in [1.82, 2.24) is 0 Å². The highest BCUT2D eigenvalue weighted by molar-refractivity contribution is 8.27. The molecule has 0 bridgehead atoms. The summed E-state index contributed by atoms with van der Waals surface area (Å²) in [5.41, 5.74) is 0. The molecule has 0 amide bonds. The van der Waals surface area contributed by atoms with Crippen molar-refractivity contribution < 1.29 is 14.7 Å². The molecule has 0 heterocycles. The summed E-state index contributed by atoms with van der Waals surface area (Å²) in [7, 11) is -0.589. The van der Waals surface area contributed by atoms with Gasteiger partial charge in [0.1, 0.15) is 0 Å². The van der Waals surface area contributed by atoms with Crippen molar-refractivity contribution in [1.29, 1.82) is 0 Å². The quantitative estimate of drug-likeness (QED) is 0.115. The molecule has 29 heavy (non-hydrogen) atoms. The van der Waals surface area contributed by atoms with Crippen LogP contribution in [0.1, 0.15) is 142 Å². The maximum Gasteiger partial charge on any atom is 0.277 e. The summed E-state index contributed by atoms with van der Waals surface area (Å²) in [5, 5.41) is 0. The Morgan fingerprint density at radius 3 is 0.897 bits per heavy atom. The molecule has 5 heteroatoms. The maximum absolute atomic E-state index is 9.80. The average Bonchev–Trinajstić information content (AvgIpc) is 2.68. The summed E-state index contributed by atoms with van der Waals surface area (Å²) in [5.74, 6) is 1.59. The van der Waals surface area contributed by atoms with E-state index in [2.05, 4.69) is 13.8 Å². The Balaban J connectivity index is 3.67. The van der Waals surface area contributed by atoms with Crippen molar-refractivity contribution in [3.8, 4) is 0 Å². The van der Waals surface area contributed by atoms with E-state index in [0.29, 0.717) is 0 Å². The van der Waals surface area contributed by atoms with Crippen molar-refractivity contribution in [2.24, 2.45) is 0 Å². The monoisotopic (exact) mass is 452 g/mol. The van der Waals surface area contributed by atoms with E-state index in [1.165, 1.54) is 103 Å². The van der Waals surface area contributed by atoms with Gasteiger partial charge in [-0.15, -0.1) is 10.1 Å². The van der Waals surface area contributed by atoms with Gasteiger partial charge in [0.25, 0.3) is 6.72 Å². The van der Waals surface area contributed by atoms with Gasteiger partial charge >= 0.3 is 0 Å². The van der Waals surface area contributed by atoms with Crippen LogP contribution in [0.5, 0.6) is 0 Å². The normalized spacial score (nSPS) is 12.2. The summed E-state index contributed by atoms with van der Waals surface area (Å²) >= 11 is 0. The molecule has 0 atom stereocenters. The number of hydrogen-bond donors (Lipinski definition) is 3. The van der Waals surface area contributed by atoms with Crippen LogP contribution in [-0.4, -0.2) is 26.2 Å². The molecule has 3 nitrogen and oxygen atoms in total. The molecule has 3 N–H and O–H groups in total. The number of unbranched alkanes of at least 4 members (excludes halogenated alkanes) is 18. The Labute approximate surface area is 185 Å². The topological polar surface area (TPSA) is 60.7 Å². The molecule has 0 aromatic heterocycles. The Morgan fingerprint density at radius 2 is 0.655 bits per heavy atom. The molecule has 0 aliphatic rings. The van der Waals surface area contributed by atoms with Gasteiger partial charge in [-0.2, -0.15) is 0 Å². The van der Waals surface area contributed by atoms with E-state index >= 15 is 0 Å². The second kappa shape index (κ2) is 21.9. The molecule has 178 valence electrons. The zero-order chi connectivity index (χ0) is 21.6. The van der Waals surface area contributed by atoms with E-state index in [9.17, 15) is 14.7 Å². The van der Waals surface area contributed by atoms with Gasteiger partial charge in [-0.1, -0.05) is 129 Å². The Bertz CT molecular complexity index is 361. The standard InChI is InChI=1S/C24H53O3PS/c1-3-5-7-9-11-13-15-17-19-21-23-29(28(25,26)27)24-22-20-18-16-14-12-10-8-6-4-2/h25-27H,3-24H2,1-2H3. The minimum atomic E-state index is -3.65. The summed E-state index contributed by atoms with van der Waals surface area (Å²) in [6, 6.07) is 0. The van der Waals surface area contributed by atoms with Crippen LogP contribution in [0.4, 0.5) is 0 Å². The van der Waals surface area contributed by atoms with E-state index in [1.807, 2.05) is 0 Å². The molecular formula is C24H53O3PS. The average molecular weight is 453 g/mol. The van der Waals surface area contributed by atoms with Crippen molar-refractivity contribution in [2.75, 3.05) is 11.5 Å². The van der Waals surface area contributed by atoms with Crippen LogP contribution in [0, 0.1) is 0 Å². The fraction of sp³-hybridized carbons (Fsp3) is 1.00. The van der Waals surface area contributed by atoms with E-state index < -0.39 is 16.8 Å². The molecule has 0 aromatic carbocycles. The minimum absolute atomic E-state index is 0.589. The van der Waals surface area contributed by atoms with Crippen molar-refractivity contribution in [3.63, 3.8) is 0 Å². The molecular weight excluding hydrogens is 399 g/mol. The molecule has 0 aliphatic carbocycles. The Hall–Kier alpha value is 0.660. The van der Waals surface area contributed by atoms with E-state index in [-0.39, 0.29) is 0 Å². The molecule has 0 unspecified atom stereocenters. The molecule has 0 rings (SSSR count). The van der Waals surface area contributed by atoms with Crippen LogP contribution < -0.4 is 0 Å². The molecule has 0 spiro atoms. The van der Waals surface area contributed by atoms with Crippen LogP contribution >= 0.6 is 6.72 Å². The molecule has 0 saturated carbocycles. The van der Waals surface area contributed by atoms with Crippen molar-refractivity contribution in [2.45, 2.75) is 142 Å². The lowest BCUT2D eigenvalue weighted by atomic mass is 10.1. The fourth-order valence-corrected chi connectivity index (χ4v) is 7.87. The van der Waals surface area contributed by atoms with E-state index in [0.717, 1.165) is 37.2 Å². The van der Waals surface area contributed by atoms with Gasteiger partial charge in [0, 0.05) is 0 Å². The van der Waals surface area contributed by atoms with Gasteiger partial charge in [-0.05, 0) is 24.3 Å². The summed E-state index contributed by atoms with van der Waals surface area (Å²) in [4.78, 5) is 29.4. The third kappa shape index (κ3) is 21.7. The molecule has 0 fully saturated rings. The summed E-state index contributed by atoms with van der Waals surface area (Å²) < 4.78 is 0. The first-order chi connectivity index (χ1) is 14.0. The van der Waals surface area contributed by atoms with Gasteiger partial charge in [-0.3, -0.25) is 0 Å². The highest BCUT2D eigenvalue weighted by atomic mass is 32.5. The lowest BCUT2D eigenvalue weighted by Gasteiger charge is -2.15. The lowest BCUT2D eigenvalue weighted by molar-refractivity contribution is 0.362. The third-order valence-corrected chi connectivity index (χ3v) is 11.2. The zero-order valence-electron chi connectivity index (χ0n) is 19.8. The lowest BCUT2D eigenvalue weighted by Crippen LogP contribution is -2.06. The van der Waals surface area contributed by atoms with E-state index in [4.69, 9.17) is 0 Å². The highest BCUT2D eigenvalue weighted by Gasteiger charge is 2.12. The third-order valence-electron chi connectivity index (χ3n) is 5.81. The fourth-order valence-electron chi connectivity index (χ4n) is 3.86. The van der Waals surface area contributed by atoms with Crippen LogP contribution in [0.2, 0.25) is 0 Å². The number of hydrogen-bond acceptors (Lipinski definition) is 0. The zero-order valence-corrected chi connectivity index (χ0v) is 21.5. The smallest absolute Gasteiger partial charge is 0.277 e. The molecule has 0 aromatic rings. The summed E-state index contributed by atoms with van der Waals surface area (Å²) in [6.45, 7) is 0.861. The first-order valence-electron chi connectivity index (χ1n) is 12.8. The SMILES string of the molecule is CCCCCCCCCCCCS(CCCCCCCCCCCC)=P(O)(O)O. The molecule has 0 aliphatic heterocycles. The van der Waals surface area contributed by atoms with Crippen LogP contribution in [0.3, 0.4) is 0 Å². The first-order valence-corrected chi connectivity index (χ1v) is 16.6. The second-order valence-corrected chi connectivity index (χ2v) is 14.5. The van der Waals surface area contributed by atoms with Crippen molar-refractivity contribution in [3.05, 3.63) is 0 Å². The van der Waals surface area contributed by atoms with Gasteiger partial charge in [0.15, 0.2) is 0 Å². The maximum atomic E-state index is 9.80.